The van der Waals surface area contributed by atoms with Crippen molar-refractivity contribution in [2.75, 3.05) is 6.61 Å². The highest BCUT2D eigenvalue weighted by Crippen LogP contribution is 2.24. The number of carboxylic acids is 1. The lowest BCUT2D eigenvalue weighted by molar-refractivity contribution is -0.155. The lowest BCUT2D eigenvalue weighted by atomic mass is 9.89. The maximum absolute atomic E-state index is 10.5. The zero-order valence-corrected chi connectivity index (χ0v) is 7.62. The van der Waals surface area contributed by atoms with Gasteiger partial charge in [-0.1, -0.05) is 13.8 Å². The molecule has 12 heavy (non-hydrogen) atoms. The molecule has 1 aliphatic rings. The van der Waals surface area contributed by atoms with Gasteiger partial charge in [0.2, 0.25) is 0 Å². The Labute approximate surface area is 72.7 Å². The molecule has 0 aromatic heterocycles. The fourth-order valence-electron chi connectivity index (χ4n) is 1.49. The molecule has 3 heteroatoms. The highest BCUT2D eigenvalue weighted by atomic mass is 16.5. The van der Waals surface area contributed by atoms with Crippen molar-refractivity contribution in [1.29, 1.82) is 0 Å². The van der Waals surface area contributed by atoms with Crippen molar-refractivity contribution < 1.29 is 14.6 Å². The van der Waals surface area contributed by atoms with Crippen LogP contribution < -0.4 is 0 Å². The normalized spacial score (nSPS) is 30.6. The summed E-state index contributed by atoms with van der Waals surface area (Å²) < 4.78 is 5.21. The Morgan fingerprint density at radius 2 is 2.17 bits per heavy atom. The summed E-state index contributed by atoms with van der Waals surface area (Å²) in [5.74, 6) is 0.317. The van der Waals surface area contributed by atoms with Gasteiger partial charge in [-0.2, -0.15) is 0 Å². The number of hydrogen-bond donors (Lipinski definition) is 1. The Morgan fingerprint density at radius 3 is 2.50 bits per heavy atom. The quantitative estimate of drug-likeness (QED) is 0.687. The largest absolute Gasteiger partial charge is 0.479 e. The molecule has 2 atom stereocenters. The smallest absolute Gasteiger partial charge is 0.332 e. The average molecular weight is 172 g/mol. The third kappa shape index (κ3) is 2.21. The fourth-order valence-corrected chi connectivity index (χ4v) is 1.49. The van der Waals surface area contributed by atoms with Gasteiger partial charge in [-0.05, 0) is 24.7 Å². The summed E-state index contributed by atoms with van der Waals surface area (Å²) in [5.41, 5.74) is 0. The molecule has 0 spiro atoms. The number of carbonyl (C=O) groups is 1. The summed E-state index contributed by atoms with van der Waals surface area (Å²) in [6, 6.07) is 0. The van der Waals surface area contributed by atoms with Crippen LogP contribution in [0.1, 0.15) is 26.7 Å². The van der Waals surface area contributed by atoms with Crippen LogP contribution in [0.4, 0.5) is 0 Å². The van der Waals surface area contributed by atoms with E-state index < -0.39 is 12.1 Å². The van der Waals surface area contributed by atoms with Crippen LogP contribution in [0.15, 0.2) is 0 Å². The van der Waals surface area contributed by atoms with Gasteiger partial charge < -0.3 is 9.84 Å². The predicted octanol–water partition coefficient (Wildman–Crippen LogP) is 1.52. The van der Waals surface area contributed by atoms with Gasteiger partial charge in [-0.25, -0.2) is 4.79 Å². The molecule has 0 radical (unpaired) electrons. The first-order chi connectivity index (χ1) is 5.61. The van der Waals surface area contributed by atoms with Crippen molar-refractivity contribution in [3.05, 3.63) is 0 Å². The van der Waals surface area contributed by atoms with Crippen LogP contribution in [-0.4, -0.2) is 23.8 Å². The molecule has 1 heterocycles. The van der Waals surface area contributed by atoms with Crippen molar-refractivity contribution in [2.45, 2.75) is 32.8 Å². The van der Waals surface area contributed by atoms with E-state index in [2.05, 4.69) is 13.8 Å². The lowest BCUT2D eigenvalue weighted by Gasteiger charge is -2.28. The summed E-state index contributed by atoms with van der Waals surface area (Å²) in [7, 11) is 0. The first-order valence-electron chi connectivity index (χ1n) is 4.45. The monoisotopic (exact) mass is 172 g/mol. The summed E-state index contributed by atoms with van der Waals surface area (Å²) >= 11 is 0. The molecule has 0 aromatic rings. The van der Waals surface area contributed by atoms with E-state index in [0.29, 0.717) is 24.9 Å². The molecule has 0 saturated carbocycles. The molecule has 1 fully saturated rings. The number of carboxylic acid groups (broad SMARTS) is 1. The SMILES string of the molecule is CC(C)C1CCC(C(=O)O)OC1. The van der Waals surface area contributed by atoms with E-state index >= 15 is 0 Å². The van der Waals surface area contributed by atoms with Crippen molar-refractivity contribution >= 4 is 5.97 Å². The van der Waals surface area contributed by atoms with Gasteiger partial charge in [0.1, 0.15) is 0 Å². The first-order valence-corrected chi connectivity index (χ1v) is 4.45. The van der Waals surface area contributed by atoms with Gasteiger partial charge in [0.05, 0.1) is 6.61 Å². The van der Waals surface area contributed by atoms with E-state index in [9.17, 15) is 4.79 Å². The second-order valence-corrected chi connectivity index (χ2v) is 3.74. The molecular weight excluding hydrogens is 156 g/mol. The molecular formula is C9H16O3. The molecule has 1 saturated heterocycles. The molecule has 0 bridgehead atoms. The third-order valence-corrected chi connectivity index (χ3v) is 2.53. The van der Waals surface area contributed by atoms with Crippen molar-refractivity contribution in [1.82, 2.24) is 0 Å². The van der Waals surface area contributed by atoms with Crippen LogP contribution in [0, 0.1) is 11.8 Å². The number of ether oxygens (including phenoxy) is 1. The molecule has 0 aliphatic carbocycles. The van der Waals surface area contributed by atoms with Crippen molar-refractivity contribution in [3.8, 4) is 0 Å². The minimum atomic E-state index is -0.822. The minimum Gasteiger partial charge on any atom is -0.479 e. The minimum absolute atomic E-state index is 0.542. The molecule has 1 rings (SSSR count). The Bertz CT molecular complexity index is 157. The second-order valence-electron chi connectivity index (χ2n) is 3.74. The summed E-state index contributed by atoms with van der Waals surface area (Å²) in [5, 5.41) is 8.64. The molecule has 70 valence electrons. The fraction of sp³-hybridized carbons (Fsp3) is 0.889. The highest BCUT2D eigenvalue weighted by molar-refractivity contribution is 5.72. The van der Waals surface area contributed by atoms with E-state index in [1.807, 2.05) is 0 Å². The standard InChI is InChI=1S/C9H16O3/c1-6(2)7-3-4-8(9(10)11)12-5-7/h6-8H,3-5H2,1-2H3,(H,10,11). The van der Waals surface area contributed by atoms with Crippen LogP contribution in [0.5, 0.6) is 0 Å². The van der Waals surface area contributed by atoms with Crippen LogP contribution in [0.3, 0.4) is 0 Å². The molecule has 1 N–H and O–H groups in total. The van der Waals surface area contributed by atoms with E-state index in [0.717, 1.165) is 6.42 Å². The average Bonchev–Trinajstić information content (AvgIpc) is 2.04. The van der Waals surface area contributed by atoms with Gasteiger partial charge in [0, 0.05) is 0 Å². The van der Waals surface area contributed by atoms with E-state index in [1.165, 1.54) is 0 Å². The van der Waals surface area contributed by atoms with Crippen LogP contribution in [-0.2, 0) is 9.53 Å². The summed E-state index contributed by atoms with van der Waals surface area (Å²) in [6.07, 6.45) is 1.09. The molecule has 0 aromatic carbocycles. The maximum atomic E-state index is 10.5. The summed E-state index contributed by atoms with van der Waals surface area (Å²) in [6.45, 7) is 4.90. The Morgan fingerprint density at radius 1 is 1.50 bits per heavy atom. The Balaban J connectivity index is 2.34. The zero-order chi connectivity index (χ0) is 9.14. The van der Waals surface area contributed by atoms with Crippen molar-refractivity contribution in [2.24, 2.45) is 11.8 Å². The molecule has 2 unspecified atom stereocenters. The topological polar surface area (TPSA) is 46.5 Å². The van der Waals surface area contributed by atoms with Crippen molar-refractivity contribution in [3.63, 3.8) is 0 Å². The van der Waals surface area contributed by atoms with Crippen LogP contribution >= 0.6 is 0 Å². The van der Waals surface area contributed by atoms with Gasteiger partial charge in [0.15, 0.2) is 6.10 Å². The van der Waals surface area contributed by atoms with Crippen LogP contribution in [0.25, 0.3) is 0 Å². The first kappa shape index (κ1) is 9.52. The maximum Gasteiger partial charge on any atom is 0.332 e. The Kier molecular flexibility index (Phi) is 3.09. The van der Waals surface area contributed by atoms with Gasteiger partial charge in [0.25, 0.3) is 0 Å². The summed E-state index contributed by atoms with van der Waals surface area (Å²) in [4.78, 5) is 10.5. The number of hydrogen-bond acceptors (Lipinski definition) is 2. The molecule has 1 aliphatic heterocycles. The van der Waals surface area contributed by atoms with E-state index in [-0.39, 0.29) is 0 Å². The van der Waals surface area contributed by atoms with Gasteiger partial charge in [-0.3, -0.25) is 0 Å². The lowest BCUT2D eigenvalue weighted by Crippen LogP contribution is -2.33. The Hall–Kier alpha value is -0.570. The zero-order valence-electron chi connectivity index (χ0n) is 7.62. The molecule has 3 nitrogen and oxygen atoms in total. The van der Waals surface area contributed by atoms with Gasteiger partial charge in [-0.15, -0.1) is 0 Å². The van der Waals surface area contributed by atoms with E-state index in [1.54, 1.807) is 0 Å². The highest BCUT2D eigenvalue weighted by Gasteiger charge is 2.27. The van der Waals surface area contributed by atoms with Crippen LogP contribution in [0.2, 0.25) is 0 Å². The van der Waals surface area contributed by atoms with E-state index in [4.69, 9.17) is 9.84 Å². The second kappa shape index (κ2) is 3.90. The number of aliphatic carboxylic acids is 1. The third-order valence-electron chi connectivity index (χ3n) is 2.53. The predicted molar refractivity (Wildman–Crippen MR) is 44.9 cm³/mol. The van der Waals surface area contributed by atoms with Gasteiger partial charge >= 0.3 is 5.97 Å². The number of rotatable bonds is 2. The molecule has 0 amide bonds.